The smallest absolute Gasteiger partial charge is 0.338 e. The summed E-state index contributed by atoms with van der Waals surface area (Å²) in [7, 11) is 0. The van der Waals surface area contributed by atoms with Crippen LogP contribution in [0.1, 0.15) is 17.5 Å². The van der Waals surface area contributed by atoms with E-state index in [1.807, 2.05) is 0 Å². The van der Waals surface area contributed by atoms with Crippen molar-refractivity contribution in [1.29, 1.82) is 0 Å². The fraction of sp³-hybridized carbons (Fsp3) is 0.333. The van der Waals surface area contributed by atoms with Crippen molar-refractivity contribution in [2.24, 2.45) is 5.92 Å². The molecule has 25 heavy (non-hydrogen) atoms. The molecule has 1 fully saturated rings. The zero-order valence-corrected chi connectivity index (χ0v) is 13.6. The normalized spacial score (nSPS) is 17.8. The number of rotatable bonds is 4. The number of carbonyl (C=O) groups excluding carboxylic acids is 2. The SMILES string of the molecule is O=C(Nc1nncs1)C1CC(=O)N(Cc2cccc(C(F)(F)F)c2)C1. The van der Waals surface area contributed by atoms with Crippen molar-refractivity contribution >= 4 is 28.3 Å². The number of anilines is 1. The molecule has 0 aliphatic carbocycles. The summed E-state index contributed by atoms with van der Waals surface area (Å²) >= 11 is 1.16. The van der Waals surface area contributed by atoms with Crippen molar-refractivity contribution in [3.8, 4) is 0 Å². The zero-order valence-electron chi connectivity index (χ0n) is 12.8. The van der Waals surface area contributed by atoms with E-state index in [9.17, 15) is 22.8 Å². The van der Waals surface area contributed by atoms with E-state index < -0.39 is 17.7 Å². The highest BCUT2D eigenvalue weighted by Gasteiger charge is 2.35. The molecule has 0 spiro atoms. The van der Waals surface area contributed by atoms with Gasteiger partial charge in [0.1, 0.15) is 5.51 Å². The Labute approximate surface area is 144 Å². The summed E-state index contributed by atoms with van der Waals surface area (Å²) in [6.07, 6.45) is -4.42. The minimum absolute atomic E-state index is 0.0175. The lowest BCUT2D eigenvalue weighted by atomic mass is 10.1. The zero-order chi connectivity index (χ0) is 18.0. The molecule has 6 nitrogen and oxygen atoms in total. The summed E-state index contributed by atoms with van der Waals surface area (Å²) in [5, 5.41) is 10.2. The summed E-state index contributed by atoms with van der Waals surface area (Å²) in [5.41, 5.74) is 1.07. The molecule has 10 heteroatoms. The van der Waals surface area contributed by atoms with Gasteiger partial charge in [0.05, 0.1) is 11.5 Å². The predicted molar refractivity (Wildman–Crippen MR) is 83.5 cm³/mol. The number of hydrogen-bond acceptors (Lipinski definition) is 5. The van der Waals surface area contributed by atoms with Crippen LogP contribution in [0.25, 0.3) is 0 Å². The van der Waals surface area contributed by atoms with E-state index in [1.54, 1.807) is 0 Å². The summed E-state index contributed by atoms with van der Waals surface area (Å²) in [4.78, 5) is 25.6. The second-order valence-corrected chi connectivity index (χ2v) is 6.44. The van der Waals surface area contributed by atoms with Crippen molar-refractivity contribution in [2.45, 2.75) is 19.1 Å². The van der Waals surface area contributed by atoms with E-state index >= 15 is 0 Å². The number of benzene rings is 1. The van der Waals surface area contributed by atoms with Crippen molar-refractivity contribution < 1.29 is 22.8 Å². The third-order valence-corrected chi connectivity index (χ3v) is 4.41. The lowest BCUT2D eigenvalue weighted by molar-refractivity contribution is -0.137. The average molecular weight is 370 g/mol. The average Bonchev–Trinajstić information content (AvgIpc) is 3.17. The monoisotopic (exact) mass is 370 g/mol. The first-order valence-electron chi connectivity index (χ1n) is 7.34. The summed E-state index contributed by atoms with van der Waals surface area (Å²) in [6, 6.07) is 4.82. The number of likely N-dealkylation sites (tertiary alicyclic amines) is 1. The molecule has 1 aromatic heterocycles. The molecule has 0 saturated carbocycles. The lowest BCUT2D eigenvalue weighted by Gasteiger charge is -2.17. The summed E-state index contributed by atoms with van der Waals surface area (Å²) in [5.74, 6) is -1.19. The number of nitrogens with one attached hydrogen (secondary N) is 1. The Morgan fingerprint density at radius 2 is 2.20 bits per heavy atom. The second-order valence-electron chi connectivity index (χ2n) is 5.61. The maximum atomic E-state index is 12.8. The predicted octanol–water partition coefficient (Wildman–Crippen LogP) is 2.54. The molecule has 1 saturated heterocycles. The Kier molecular flexibility index (Phi) is 4.71. The summed E-state index contributed by atoms with van der Waals surface area (Å²) < 4.78 is 38.3. The fourth-order valence-electron chi connectivity index (χ4n) is 2.60. The van der Waals surface area contributed by atoms with Crippen LogP contribution in [0.5, 0.6) is 0 Å². The van der Waals surface area contributed by atoms with Crippen LogP contribution < -0.4 is 5.32 Å². The lowest BCUT2D eigenvalue weighted by Crippen LogP contribution is -2.28. The van der Waals surface area contributed by atoms with Gasteiger partial charge in [0.15, 0.2) is 0 Å². The number of aromatic nitrogens is 2. The van der Waals surface area contributed by atoms with Gasteiger partial charge >= 0.3 is 6.18 Å². The molecule has 1 unspecified atom stereocenters. The maximum Gasteiger partial charge on any atom is 0.416 e. The molecule has 1 atom stereocenters. The Morgan fingerprint density at radius 1 is 1.40 bits per heavy atom. The molecule has 2 heterocycles. The first kappa shape index (κ1) is 17.3. The molecule has 132 valence electrons. The molecule has 2 amide bonds. The molecule has 1 aliphatic heterocycles. The Balaban J connectivity index is 1.64. The second kappa shape index (κ2) is 6.79. The van der Waals surface area contributed by atoms with Gasteiger partial charge in [-0.3, -0.25) is 9.59 Å². The van der Waals surface area contributed by atoms with Gasteiger partial charge in [0.25, 0.3) is 0 Å². The largest absolute Gasteiger partial charge is 0.416 e. The molecule has 0 radical (unpaired) electrons. The molecule has 0 bridgehead atoms. The number of nitrogens with zero attached hydrogens (tertiary/aromatic N) is 3. The van der Waals surface area contributed by atoms with Crippen LogP contribution in [0, 0.1) is 5.92 Å². The van der Waals surface area contributed by atoms with Crippen LogP contribution in [0.4, 0.5) is 18.3 Å². The molecular formula is C15H13F3N4O2S. The van der Waals surface area contributed by atoms with Gasteiger partial charge in [0, 0.05) is 19.5 Å². The van der Waals surface area contributed by atoms with Gasteiger partial charge < -0.3 is 10.2 Å². The van der Waals surface area contributed by atoms with E-state index in [0.29, 0.717) is 10.7 Å². The molecule has 1 aromatic carbocycles. The van der Waals surface area contributed by atoms with E-state index in [2.05, 4.69) is 15.5 Å². The van der Waals surface area contributed by atoms with Gasteiger partial charge in [-0.15, -0.1) is 10.2 Å². The number of carbonyl (C=O) groups is 2. The molecule has 3 rings (SSSR count). The van der Waals surface area contributed by atoms with Gasteiger partial charge in [-0.1, -0.05) is 23.5 Å². The van der Waals surface area contributed by atoms with Crippen LogP contribution in [0.15, 0.2) is 29.8 Å². The van der Waals surface area contributed by atoms with E-state index in [-0.39, 0.29) is 31.3 Å². The van der Waals surface area contributed by atoms with Crippen LogP contribution in [-0.4, -0.2) is 33.5 Å². The van der Waals surface area contributed by atoms with E-state index in [1.165, 1.54) is 22.5 Å². The fourth-order valence-corrected chi connectivity index (χ4v) is 3.05. The Hall–Kier alpha value is -2.49. The van der Waals surface area contributed by atoms with E-state index in [0.717, 1.165) is 23.5 Å². The highest BCUT2D eigenvalue weighted by Crippen LogP contribution is 2.30. The number of alkyl halides is 3. The topological polar surface area (TPSA) is 75.2 Å². The first-order valence-corrected chi connectivity index (χ1v) is 8.22. The van der Waals surface area contributed by atoms with Crippen molar-refractivity contribution in [2.75, 3.05) is 11.9 Å². The third-order valence-electron chi connectivity index (χ3n) is 3.80. The minimum Gasteiger partial charge on any atom is -0.338 e. The first-order chi connectivity index (χ1) is 11.8. The highest BCUT2D eigenvalue weighted by atomic mass is 32.1. The molecular weight excluding hydrogens is 357 g/mol. The standard InChI is InChI=1S/C15H13F3N4O2S/c16-15(17,18)11-3-1-2-9(4-11)6-22-7-10(5-12(22)23)13(24)20-14-21-19-8-25-14/h1-4,8,10H,5-7H2,(H,20,21,24). The minimum atomic E-state index is -4.44. The van der Waals surface area contributed by atoms with Crippen LogP contribution in [0.3, 0.4) is 0 Å². The molecule has 1 aliphatic rings. The van der Waals surface area contributed by atoms with Gasteiger partial charge in [-0.2, -0.15) is 13.2 Å². The summed E-state index contributed by atoms with van der Waals surface area (Å²) in [6.45, 7) is 0.186. The third kappa shape index (κ3) is 4.13. The molecule has 2 aromatic rings. The number of amides is 2. The maximum absolute atomic E-state index is 12.8. The van der Waals surface area contributed by atoms with Crippen molar-refractivity contribution in [3.63, 3.8) is 0 Å². The van der Waals surface area contributed by atoms with Gasteiger partial charge in [-0.05, 0) is 17.7 Å². The Morgan fingerprint density at radius 3 is 2.88 bits per heavy atom. The number of hydrogen-bond donors (Lipinski definition) is 1. The quantitative estimate of drug-likeness (QED) is 0.898. The molecule has 1 N–H and O–H groups in total. The highest BCUT2D eigenvalue weighted by molar-refractivity contribution is 7.13. The number of halogens is 3. The Bertz CT molecular complexity index is 779. The van der Waals surface area contributed by atoms with Crippen LogP contribution in [-0.2, 0) is 22.3 Å². The van der Waals surface area contributed by atoms with Crippen molar-refractivity contribution in [1.82, 2.24) is 15.1 Å². The van der Waals surface area contributed by atoms with Crippen LogP contribution in [0.2, 0.25) is 0 Å². The van der Waals surface area contributed by atoms with Gasteiger partial charge in [0.2, 0.25) is 16.9 Å². The van der Waals surface area contributed by atoms with Crippen molar-refractivity contribution in [3.05, 3.63) is 40.9 Å². The van der Waals surface area contributed by atoms with Crippen LogP contribution >= 0.6 is 11.3 Å². The van der Waals surface area contributed by atoms with Gasteiger partial charge in [-0.25, -0.2) is 0 Å². The van der Waals surface area contributed by atoms with E-state index in [4.69, 9.17) is 0 Å².